The van der Waals surface area contributed by atoms with Crippen molar-refractivity contribution in [2.24, 2.45) is 0 Å². The number of hydrogen-bond acceptors (Lipinski definition) is 6. The van der Waals surface area contributed by atoms with Crippen LogP contribution < -0.4 is 19.6 Å². The monoisotopic (exact) mass is 373 g/mol. The molecule has 1 aromatic heterocycles. The minimum atomic E-state index is -1.28. The fraction of sp³-hybridized carbons (Fsp3) is 0.350. The van der Waals surface area contributed by atoms with Gasteiger partial charge in [0.05, 0.1) is 19.3 Å². The van der Waals surface area contributed by atoms with Crippen LogP contribution in [-0.2, 0) is 16.1 Å². The Kier molecular flexibility index (Phi) is 6.76. The molecule has 0 amide bonds. The first-order valence-electron chi connectivity index (χ1n) is 8.48. The third-order valence-electron chi connectivity index (χ3n) is 4.02. The van der Waals surface area contributed by atoms with Crippen LogP contribution in [0.15, 0.2) is 41.3 Å². The summed E-state index contributed by atoms with van der Waals surface area (Å²) in [6, 6.07) is 8.55. The molecule has 0 saturated carbocycles. The van der Waals surface area contributed by atoms with Gasteiger partial charge in [-0.1, -0.05) is 0 Å². The molecule has 144 valence electrons. The largest absolute Gasteiger partial charge is 0.497 e. The molecule has 0 fully saturated rings. The maximum atomic E-state index is 12.1. The second kappa shape index (κ2) is 9.02. The van der Waals surface area contributed by atoms with E-state index in [1.807, 2.05) is 0 Å². The maximum absolute atomic E-state index is 12.1. The average molecular weight is 373 g/mol. The van der Waals surface area contributed by atoms with Crippen molar-refractivity contribution in [1.29, 1.82) is 0 Å². The van der Waals surface area contributed by atoms with E-state index in [1.54, 1.807) is 49.1 Å². The number of pyridine rings is 1. The third-order valence-corrected chi connectivity index (χ3v) is 4.02. The molecule has 0 atom stereocenters. The number of Topliss-reactive ketones (excluding diaryl/α,β-unsaturated/α-hetero) is 2. The van der Waals surface area contributed by atoms with Gasteiger partial charge in [-0.2, -0.15) is 0 Å². The molecule has 0 aliphatic carbocycles. The first kappa shape index (κ1) is 20.2. The summed E-state index contributed by atoms with van der Waals surface area (Å²) in [5, 5.41) is 0. The zero-order chi connectivity index (χ0) is 20.0. The van der Waals surface area contributed by atoms with Crippen LogP contribution in [0.25, 0.3) is 0 Å². The molecule has 0 aliphatic heterocycles. The lowest BCUT2D eigenvalue weighted by Gasteiger charge is -2.18. The van der Waals surface area contributed by atoms with Gasteiger partial charge in [0.15, 0.2) is 17.3 Å². The van der Waals surface area contributed by atoms with E-state index >= 15 is 0 Å². The number of nitrogens with zero attached hydrogens (tertiary/aromatic N) is 1. The van der Waals surface area contributed by atoms with Gasteiger partial charge in [0, 0.05) is 12.3 Å². The Hall–Kier alpha value is -3.09. The van der Waals surface area contributed by atoms with Crippen LogP contribution in [0.4, 0.5) is 0 Å². The summed E-state index contributed by atoms with van der Waals surface area (Å²) in [7, 11) is 1.59. The van der Waals surface area contributed by atoms with Gasteiger partial charge >= 0.3 is 0 Å². The molecule has 0 unspecified atom stereocenters. The SMILES string of the molecule is COc1ccc(OCCn2ccc(=O)c(OC(C(C)=O)C(C)=O)c2C)cc1. The smallest absolute Gasteiger partial charge is 0.223 e. The Morgan fingerprint density at radius 1 is 1.04 bits per heavy atom. The van der Waals surface area contributed by atoms with E-state index in [-0.39, 0.29) is 11.2 Å². The van der Waals surface area contributed by atoms with Gasteiger partial charge in [-0.05, 0) is 45.0 Å². The lowest BCUT2D eigenvalue weighted by molar-refractivity contribution is -0.134. The molecule has 0 radical (unpaired) electrons. The summed E-state index contributed by atoms with van der Waals surface area (Å²) >= 11 is 0. The van der Waals surface area contributed by atoms with Crippen LogP contribution in [0.2, 0.25) is 0 Å². The second-order valence-electron chi connectivity index (χ2n) is 6.03. The molecule has 2 aromatic rings. The van der Waals surface area contributed by atoms with Crippen LogP contribution in [0, 0.1) is 6.92 Å². The van der Waals surface area contributed by atoms with Gasteiger partial charge < -0.3 is 18.8 Å². The van der Waals surface area contributed by atoms with E-state index < -0.39 is 17.7 Å². The number of ether oxygens (including phenoxy) is 3. The van der Waals surface area contributed by atoms with Crippen LogP contribution in [0.1, 0.15) is 19.5 Å². The van der Waals surface area contributed by atoms with Crippen LogP contribution >= 0.6 is 0 Å². The standard InChI is InChI=1S/C20H23NO6/c1-13-19(27-20(14(2)22)15(3)23)18(24)9-10-21(13)11-12-26-17-7-5-16(25-4)6-8-17/h5-10,20H,11-12H2,1-4H3. The molecule has 7 nitrogen and oxygen atoms in total. The van der Waals surface area contributed by atoms with Gasteiger partial charge in [0.1, 0.15) is 18.1 Å². The minimum absolute atomic E-state index is 0.00246. The first-order valence-corrected chi connectivity index (χ1v) is 8.48. The van der Waals surface area contributed by atoms with Gasteiger partial charge in [-0.25, -0.2) is 0 Å². The van der Waals surface area contributed by atoms with Crippen molar-refractivity contribution in [1.82, 2.24) is 4.57 Å². The Morgan fingerprint density at radius 2 is 1.63 bits per heavy atom. The molecule has 27 heavy (non-hydrogen) atoms. The molecule has 0 aliphatic rings. The van der Waals surface area contributed by atoms with E-state index in [0.29, 0.717) is 24.6 Å². The highest BCUT2D eigenvalue weighted by atomic mass is 16.5. The highest BCUT2D eigenvalue weighted by Crippen LogP contribution is 2.18. The number of carbonyl (C=O) groups excluding carboxylic acids is 2. The van der Waals surface area contributed by atoms with Gasteiger partial charge in [0.2, 0.25) is 11.5 Å². The highest BCUT2D eigenvalue weighted by molar-refractivity contribution is 6.03. The zero-order valence-electron chi connectivity index (χ0n) is 15.9. The second-order valence-corrected chi connectivity index (χ2v) is 6.03. The minimum Gasteiger partial charge on any atom is -0.497 e. The Balaban J connectivity index is 2.10. The van der Waals surface area contributed by atoms with Crippen molar-refractivity contribution < 1.29 is 23.8 Å². The topological polar surface area (TPSA) is 83.8 Å². The molecule has 0 N–H and O–H groups in total. The quantitative estimate of drug-likeness (QED) is 0.627. The molecule has 7 heteroatoms. The van der Waals surface area contributed by atoms with Crippen molar-refractivity contribution in [3.8, 4) is 17.2 Å². The third kappa shape index (κ3) is 5.20. The predicted octanol–water partition coefficient (Wildman–Crippen LogP) is 2.17. The number of aromatic nitrogens is 1. The van der Waals surface area contributed by atoms with E-state index in [0.717, 1.165) is 5.75 Å². The maximum Gasteiger partial charge on any atom is 0.223 e. The summed E-state index contributed by atoms with van der Waals surface area (Å²) in [4.78, 5) is 35.3. The highest BCUT2D eigenvalue weighted by Gasteiger charge is 2.24. The zero-order valence-corrected chi connectivity index (χ0v) is 15.9. The number of ketones is 2. The van der Waals surface area contributed by atoms with Crippen molar-refractivity contribution in [2.75, 3.05) is 13.7 Å². The van der Waals surface area contributed by atoms with Crippen molar-refractivity contribution in [3.63, 3.8) is 0 Å². The van der Waals surface area contributed by atoms with Crippen LogP contribution in [-0.4, -0.2) is 36.0 Å². The van der Waals surface area contributed by atoms with E-state index in [4.69, 9.17) is 14.2 Å². The number of methoxy groups -OCH3 is 1. The van der Waals surface area contributed by atoms with Crippen LogP contribution in [0.3, 0.4) is 0 Å². The normalized spacial score (nSPS) is 10.6. The molecule has 1 heterocycles. The molecule has 1 aromatic carbocycles. The summed E-state index contributed by atoms with van der Waals surface area (Å²) in [6.07, 6.45) is 0.348. The Morgan fingerprint density at radius 3 is 2.19 bits per heavy atom. The molecule has 0 saturated heterocycles. The first-order chi connectivity index (χ1) is 12.8. The number of hydrogen-bond donors (Lipinski definition) is 0. The molecule has 2 rings (SSSR count). The molecular weight excluding hydrogens is 350 g/mol. The lowest BCUT2D eigenvalue weighted by atomic mass is 10.2. The summed E-state index contributed by atoms with van der Waals surface area (Å²) in [5.74, 6) is 0.543. The van der Waals surface area contributed by atoms with Crippen LogP contribution in [0.5, 0.6) is 17.2 Å². The average Bonchev–Trinajstić information content (AvgIpc) is 2.63. The summed E-state index contributed by atoms with van der Waals surface area (Å²) in [6.45, 7) is 5.02. The fourth-order valence-electron chi connectivity index (χ4n) is 2.54. The molecule has 0 bridgehead atoms. The lowest BCUT2D eigenvalue weighted by Crippen LogP contribution is -2.34. The Bertz CT molecular complexity index is 855. The number of rotatable bonds is 9. The number of benzene rings is 1. The van der Waals surface area contributed by atoms with E-state index in [1.165, 1.54) is 19.9 Å². The predicted molar refractivity (Wildman–Crippen MR) is 99.7 cm³/mol. The summed E-state index contributed by atoms with van der Waals surface area (Å²) < 4.78 is 18.0. The van der Waals surface area contributed by atoms with Gasteiger partial charge in [-0.15, -0.1) is 0 Å². The van der Waals surface area contributed by atoms with Crippen molar-refractivity contribution in [3.05, 3.63) is 52.4 Å². The van der Waals surface area contributed by atoms with E-state index in [9.17, 15) is 14.4 Å². The van der Waals surface area contributed by atoms with Gasteiger partial charge in [0.25, 0.3) is 0 Å². The summed E-state index contributed by atoms with van der Waals surface area (Å²) in [5.41, 5.74) is 0.139. The van der Waals surface area contributed by atoms with Crippen molar-refractivity contribution >= 4 is 11.6 Å². The fourth-order valence-corrected chi connectivity index (χ4v) is 2.54. The molecule has 0 spiro atoms. The Labute approximate surface area is 157 Å². The molecular formula is C20H23NO6. The number of carbonyl (C=O) groups is 2. The van der Waals surface area contributed by atoms with Gasteiger partial charge in [-0.3, -0.25) is 14.4 Å². The van der Waals surface area contributed by atoms with Crippen molar-refractivity contribution in [2.45, 2.75) is 33.4 Å². The van der Waals surface area contributed by atoms with E-state index in [2.05, 4.69) is 0 Å².